The maximum atomic E-state index is 11.5. The Bertz CT molecular complexity index is 448. The maximum absolute atomic E-state index is 11.5. The molecule has 1 aromatic heterocycles. The second-order valence-corrected chi connectivity index (χ2v) is 5.86. The molecule has 0 unspecified atom stereocenters. The highest BCUT2D eigenvalue weighted by molar-refractivity contribution is 7.07. The summed E-state index contributed by atoms with van der Waals surface area (Å²) >= 11 is 1.67. The Morgan fingerprint density at radius 2 is 2.33 bits per heavy atom. The predicted molar refractivity (Wildman–Crippen MR) is 71.6 cm³/mol. The van der Waals surface area contributed by atoms with Crippen molar-refractivity contribution < 1.29 is 14.6 Å². The van der Waals surface area contributed by atoms with Crippen LogP contribution < -0.4 is 0 Å². The van der Waals surface area contributed by atoms with Crippen LogP contribution in [0.2, 0.25) is 0 Å². The number of thiophene rings is 1. The molecule has 1 aliphatic rings. The molecule has 2 rings (SSSR count). The standard InChI is InChI=1S/C14H18O3S/c1-10(2)14(5-3-11-4-6-18-9-11)8-12(15)7-13(16)17-14/h4,6-7,9-10,15H,3,5,8H2,1-2H3/t14-/m0/s1. The minimum atomic E-state index is -0.572. The molecule has 1 aromatic rings. The van der Waals surface area contributed by atoms with Crippen LogP contribution in [-0.2, 0) is 16.0 Å². The quantitative estimate of drug-likeness (QED) is 0.849. The molecule has 0 saturated carbocycles. The van der Waals surface area contributed by atoms with Crippen molar-refractivity contribution in [3.63, 3.8) is 0 Å². The first-order valence-electron chi connectivity index (χ1n) is 6.15. The zero-order chi connectivity index (χ0) is 13.2. The first-order valence-corrected chi connectivity index (χ1v) is 7.10. The van der Waals surface area contributed by atoms with E-state index in [-0.39, 0.29) is 11.7 Å². The van der Waals surface area contributed by atoms with Crippen molar-refractivity contribution in [1.82, 2.24) is 0 Å². The number of cyclic esters (lactones) is 1. The van der Waals surface area contributed by atoms with Gasteiger partial charge in [-0.25, -0.2) is 4.79 Å². The fourth-order valence-corrected chi connectivity index (χ4v) is 3.00. The van der Waals surface area contributed by atoms with E-state index in [9.17, 15) is 9.90 Å². The van der Waals surface area contributed by atoms with Crippen molar-refractivity contribution in [2.75, 3.05) is 0 Å². The number of carbonyl (C=O) groups is 1. The minimum Gasteiger partial charge on any atom is -0.512 e. The summed E-state index contributed by atoms with van der Waals surface area (Å²) in [5, 5.41) is 13.8. The smallest absolute Gasteiger partial charge is 0.334 e. The molecule has 0 amide bonds. The van der Waals surface area contributed by atoms with E-state index in [1.54, 1.807) is 11.3 Å². The Kier molecular flexibility index (Phi) is 3.76. The Balaban J connectivity index is 2.12. The zero-order valence-corrected chi connectivity index (χ0v) is 11.5. The summed E-state index contributed by atoms with van der Waals surface area (Å²) in [6.07, 6.45) is 3.19. The molecule has 0 saturated heterocycles. The molecule has 3 nitrogen and oxygen atoms in total. The number of ether oxygens (including phenoxy) is 1. The predicted octanol–water partition coefficient (Wildman–Crippen LogP) is 3.46. The van der Waals surface area contributed by atoms with Gasteiger partial charge in [-0.15, -0.1) is 0 Å². The summed E-state index contributed by atoms with van der Waals surface area (Å²) in [6, 6.07) is 2.08. The highest BCUT2D eigenvalue weighted by Crippen LogP contribution is 2.36. The summed E-state index contributed by atoms with van der Waals surface area (Å²) in [6.45, 7) is 4.05. The van der Waals surface area contributed by atoms with E-state index in [1.165, 1.54) is 11.6 Å². The van der Waals surface area contributed by atoms with Crippen LogP contribution in [0.15, 0.2) is 28.7 Å². The van der Waals surface area contributed by atoms with Crippen molar-refractivity contribution >= 4 is 17.3 Å². The Morgan fingerprint density at radius 3 is 2.89 bits per heavy atom. The van der Waals surface area contributed by atoms with Gasteiger partial charge in [0.05, 0.1) is 6.08 Å². The lowest BCUT2D eigenvalue weighted by molar-refractivity contribution is -0.163. The van der Waals surface area contributed by atoms with Crippen LogP contribution in [0.25, 0.3) is 0 Å². The summed E-state index contributed by atoms with van der Waals surface area (Å²) in [5.41, 5.74) is 0.683. The lowest BCUT2D eigenvalue weighted by Gasteiger charge is -2.38. The summed E-state index contributed by atoms with van der Waals surface area (Å²) in [5.74, 6) is -0.126. The Labute approximate surface area is 111 Å². The first kappa shape index (κ1) is 13.1. The van der Waals surface area contributed by atoms with Gasteiger partial charge in [0.25, 0.3) is 0 Å². The fraction of sp³-hybridized carbons (Fsp3) is 0.500. The van der Waals surface area contributed by atoms with Crippen LogP contribution >= 0.6 is 11.3 Å². The topological polar surface area (TPSA) is 46.5 Å². The van der Waals surface area contributed by atoms with E-state index in [1.807, 2.05) is 19.2 Å². The average molecular weight is 266 g/mol. The number of aliphatic hydroxyl groups is 1. The average Bonchev–Trinajstić information content (AvgIpc) is 2.77. The Hall–Kier alpha value is -1.29. The van der Waals surface area contributed by atoms with Gasteiger partial charge in [0.2, 0.25) is 0 Å². The third kappa shape index (κ3) is 2.75. The third-order valence-electron chi connectivity index (χ3n) is 3.54. The monoisotopic (exact) mass is 266 g/mol. The van der Waals surface area contributed by atoms with Crippen molar-refractivity contribution in [3.05, 3.63) is 34.2 Å². The van der Waals surface area contributed by atoms with E-state index in [0.717, 1.165) is 12.8 Å². The SMILES string of the molecule is CC(C)[C@]1(CCc2ccsc2)CC(O)=CC(=O)O1. The third-order valence-corrected chi connectivity index (χ3v) is 4.27. The molecule has 0 aromatic carbocycles. The number of esters is 1. The molecule has 0 radical (unpaired) electrons. The molecule has 1 N–H and O–H groups in total. The van der Waals surface area contributed by atoms with Gasteiger partial charge >= 0.3 is 5.97 Å². The van der Waals surface area contributed by atoms with Crippen molar-refractivity contribution in [2.45, 2.75) is 38.7 Å². The number of hydrogen-bond donors (Lipinski definition) is 1. The summed E-state index contributed by atoms with van der Waals surface area (Å²) in [4.78, 5) is 11.5. The largest absolute Gasteiger partial charge is 0.512 e. The molecule has 2 heterocycles. The zero-order valence-electron chi connectivity index (χ0n) is 10.7. The first-order chi connectivity index (χ1) is 8.52. The highest BCUT2D eigenvalue weighted by Gasteiger charge is 2.41. The number of rotatable bonds is 4. The van der Waals surface area contributed by atoms with E-state index in [2.05, 4.69) is 11.4 Å². The molecule has 0 aliphatic carbocycles. The number of carbonyl (C=O) groups excluding carboxylic acids is 1. The van der Waals surface area contributed by atoms with Crippen LogP contribution in [0.5, 0.6) is 0 Å². The van der Waals surface area contributed by atoms with Gasteiger partial charge in [0.1, 0.15) is 11.4 Å². The molecular formula is C14H18O3S. The normalized spacial score (nSPS) is 23.9. The maximum Gasteiger partial charge on any atom is 0.334 e. The Morgan fingerprint density at radius 1 is 1.56 bits per heavy atom. The van der Waals surface area contributed by atoms with E-state index in [0.29, 0.717) is 6.42 Å². The molecule has 0 spiro atoms. The van der Waals surface area contributed by atoms with E-state index < -0.39 is 11.6 Å². The second-order valence-electron chi connectivity index (χ2n) is 5.08. The molecule has 1 aliphatic heterocycles. The van der Waals surface area contributed by atoms with Crippen LogP contribution in [0.4, 0.5) is 0 Å². The van der Waals surface area contributed by atoms with E-state index >= 15 is 0 Å². The number of aliphatic hydroxyl groups excluding tert-OH is 1. The molecule has 18 heavy (non-hydrogen) atoms. The minimum absolute atomic E-state index is 0.130. The molecule has 0 fully saturated rings. The molecule has 98 valence electrons. The van der Waals surface area contributed by atoms with Crippen molar-refractivity contribution in [2.24, 2.45) is 5.92 Å². The van der Waals surface area contributed by atoms with Crippen molar-refractivity contribution in [1.29, 1.82) is 0 Å². The molecular weight excluding hydrogens is 248 g/mol. The summed E-state index contributed by atoms with van der Waals surface area (Å²) < 4.78 is 5.53. The van der Waals surface area contributed by atoms with Crippen molar-refractivity contribution in [3.8, 4) is 0 Å². The number of hydrogen-bond acceptors (Lipinski definition) is 4. The van der Waals surface area contributed by atoms with E-state index in [4.69, 9.17) is 4.74 Å². The van der Waals surface area contributed by atoms with Gasteiger partial charge in [0.15, 0.2) is 0 Å². The van der Waals surface area contributed by atoms with Gasteiger partial charge in [-0.3, -0.25) is 0 Å². The molecule has 0 bridgehead atoms. The lowest BCUT2D eigenvalue weighted by Crippen LogP contribution is -2.43. The lowest BCUT2D eigenvalue weighted by atomic mass is 9.80. The molecule has 4 heteroatoms. The van der Waals surface area contributed by atoms with Crippen LogP contribution in [0, 0.1) is 5.92 Å². The second kappa shape index (κ2) is 5.14. The van der Waals surface area contributed by atoms with Crippen LogP contribution in [0.1, 0.15) is 32.3 Å². The van der Waals surface area contributed by atoms with Gasteiger partial charge in [0, 0.05) is 6.42 Å². The summed E-state index contributed by atoms with van der Waals surface area (Å²) in [7, 11) is 0. The molecule has 1 atom stereocenters. The highest BCUT2D eigenvalue weighted by atomic mass is 32.1. The fourth-order valence-electron chi connectivity index (χ4n) is 2.30. The van der Waals surface area contributed by atoms with Gasteiger partial charge in [-0.1, -0.05) is 13.8 Å². The van der Waals surface area contributed by atoms with Gasteiger partial charge in [-0.05, 0) is 41.1 Å². The van der Waals surface area contributed by atoms with Gasteiger partial charge < -0.3 is 9.84 Å². The number of aryl methyl sites for hydroxylation is 1. The van der Waals surface area contributed by atoms with Gasteiger partial charge in [-0.2, -0.15) is 11.3 Å². The van der Waals surface area contributed by atoms with Crippen LogP contribution in [0.3, 0.4) is 0 Å². The van der Waals surface area contributed by atoms with Crippen LogP contribution in [-0.4, -0.2) is 16.7 Å².